The van der Waals surface area contributed by atoms with E-state index in [9.17, 15) is 15.3 Å². The first kappa shape index (κ1) is 49.2. The largest absolute Gasteiger partial charge is 0.504 e. The van der Waals surface area contributed by atoms with Crippen LogP contribution in [0.1, 0.15) is 22.3 Å². The van der Waals surface area contributed by atoms with Gasteiger partial charge in [0.25, 0.3) is 0 Å². The zero-order chi connectivity index (χ0) is 46.3. The number of thioether (sulfide) groups is 1. The third-order valence-corrected chi connectivity index (χ3v) is 12.0. The Balaban J connectivity index is 0.000000163. The number of para-hydroxylation sites is 1. The molecule has 0 atom stereocenters. The van der Waals surface area contributed by atoms with Crippen molar-refractivity contribution in [2.24, 2.45) is 0 Å². The van der Waals surface area contributed by atoms with Crippen LogP contribution < -0.4 is 20.7 Å². The monoisotopic (exact) mass is 1000 g/mol. The molecule has 0 bridgehead atoms. The second-order valence-corrected chi connectivity index (χ2v) is 17.7. The summed E-state index contributed by atoms with van der Waals surface area (Å²) < 4.78 is 5.93. The van der Waals surface area contributed by atoms with Gasteiger partial charge in [0.15, 0.2) is 17.2 Å². The number of halogens is 6. The molecular weight excluding hydrogens is 963 g/mol. The van der Waals surface area contributed by atoms with E-state index < -0.39 is 0 Å². The van der Waals surface area contributed by atoms with Gasteiger partial charge in [-0.3, -0.25) is 0 Å². The third kappa shape index (κ3) is 14.3. The fourth-order valence-electron chi connectivity index (χ4n) is 6.40. The van der Waals surface area contributed by atoms with Crippen molar-refractivity contribution in [1.29, 1.82) is 0 Å². The van der Waals surface area contributed by atoms with Crippen LogP contribution >= 0.6 is 81.4 Å². The predicted octanol–water partition coefficient (Wildman–Crippen LogP) is 16.4. The maximum absolute atomic E-state index is 10.0. The summed E-state index contributed by atoms with van der Waals surface area (Å²) in [5, 5.41) is 43.8. The lowest BCUT2D eigenvalue weighted by Gasteiger charge is -2.14. The van der Waals surface area contributed by atoms with Crippen LogP contribution in [0, 0.1) is 0 Å². The molecule has 0 aliphatic carbocycles. The van der Waals surface area contributed by atoms with Gasteiger partial charge in [-0.25, -0.2) is 0 Å². The molecule has 334 valence electrons. The lowest BCUT2D eigenvalue weighted by atomic mass is 10.0. The minimum Gasteiger partial charge on any atom is -0.504 e. The number of phenols is 3. The Morgan fingerprint density at radius 2 is 0.923 bits per heavy atom. The van der Waals surface area contributed by atoms with Gasteiger partial charge < -0.3 is 36.0 Å². The van der Waals surface area contributed by atoms with Crippen LogP contribution in [-0.2, 0) is 26.2 Å². The number of benzene rings is 8. The van der Waals surface area contributed by atoms with Crippen molar-refractivity contribution in [1.82, 2.24) is 0 Å². The van der Waals surface area contributed by atoms with Crippen LogP contribution in [0.4, 0.5) is 17.1 Å². The number of hydrogen-bond acceptors (Lipinski definition) is 8. The number of phenolic OH excluding ortho intramolecular Hbond substituents is 3. The number of ether oxygens (including phenoxy) is 1. The number of nitrogens with one attached hydrogen (secondary N) is 3. The summed E-state index contributed by atoms with van der Waals surface area (Å²) in [4.78, 5) is 1.22. The first-order chi connectivity index (χ1) is 31.4. The van der Waals surface area contributed by atoms with E-state index in [0.29, 0.717) is 58.4 Å². The van der Waals surface area contributed by atoms with Crippen molar-refractivity contribution >= 4 is 109 Å². The Labute approximate surface area is 412 Å². The van der Waals surface area contributed by atoms with E-state index in [1.807, 2.05) is 91.2 Å². The normalized spacial score (nSPS) is 10.6. The second-order valence-electron chi connectivity index (χ2n) is 14.3. The number of rotatable bonds is 13. The number of hydrogen-bond donors (Lipinski definition) is 6. The summed E-state index contributed by atoms with van der Waals surface area (Å²) in [5.41, 5.74) is 5.87. The zero-order valence-electron chi connectivity index (χ0n) is 34.8. The Kier molecular flexibility index (Phi) is 18.4. The maximum atomic E-state index is 10.0. The van der Waals surface area contributed by atoms with E-state index in [2.05, 4.69) is 52.3 Å². The molecule has 0 radical (unpaired) electrons. The van der Waals surface area contributed by atoms with Crippen molar-refractivity contribution in [3.8, 4) is 23.0 Å². The number of aromatic hydroxyl groups is 3. The molecular formula is C51H43Cl6N3O4S. The van der Waals surface area contributed by atoms with E-state index >= 15 is 0 Å². The quantitative estimate of drug-likeness (QED) is 0.0501. The van der Waals surface area contributed by atoms with Gasteiger partial charge in [0, 0.05) is 45.2 Å². The molecule has 0 aliphatic heterocycles. The van der Waals surface area contributed by atoms with Crippen LogP contribution in [-0.4, -0.2) is 21.6 Å². The standard InChI is InChI=1S/C20H17Cl2NO2.C17H13Cl2NO.C14H13Cl2NOS/c21-16-10-17(22)20(24)18(11-16)23-12-15-8-4-5-9-19(15)25-13-14-6-2-1-3-7-14;18-13-8-15(19)17(21)16(9-13)20-10-12-6-3-5-11-4-1-2-7-14(11)12;1-19-11-4-2-9(3-5-11)8-17-13-7-10(15)6-12(16)14(13)18/h1-11,23-24H,12-13H2;1-9,20-21H,10H2;2-7,17-18H,8H2,1H3. The molecule has 0 heterocycles. The molecule has 8 aromatic carbocycles. The van der Waals surface area contributed by atoms with E-state index in [-0.39, 0.29) is 32.3 Å². The molecule has 0 fully saturated rings. The number of anilines is 3. The van der Waals surface area contributed by atoms with E-state index in [1.54, 1.807) is 30.0 Å². The van der Waals surface area contributed by atoms with Crippen molar-refractivity contribution < 1.29 is 20.1 Å². The molecule has 0 saturated heterocycles. The van der Waals surface area contributed by atoms with Crippen LogP contribution in [0.2, 0.25) is 30.1 Å². The van der Waals surface area contributed by atoms with Gasteiger partial charge in [0.2, 0.25) is 0 Å². The lowest BCUT2D eigenvalue weighted by Crippen LogP contribution is -2.04. The highest BCUT2D eigenvalue weighted by Gasteiger charge is 2.12. The van der Waals surface area contributed by atoms with Crippen LogP contribution in [0.15, 0.2) is 163 Å². The predicted molar refractivity (Wildman–Crippen MR) is 276 cm³/mol. The first-order valence-electron chi connectivity index (χ1n) is 20.0. The molecule has 0 spiro atoms. The smallest absolute Gasteiger partial charge is 0.157 e. The van der Waals surface area contributed by atoms with Crippen molar-refractivity contribution in [2.45, 2.75) is 31.1 Å². The average Bonchev–Trinajstić information content (AvgIpc) is 3.31. The average molecular weight is 1010 g/mol. The van der Waals surface area contributed by atoms with E-state index in [4.69, 9.17) is 74.3 Å². The van der Waals surface area contributed by atoms with Crippen molar-refractivity contribution in [3.05, 3.63) is 210 Å². The molecule has 0 amide bonds. The van der Waals surface area contributed by atoms with Gasteiger partial charge >= 0.3 is 0 Å². The lowest BCUT2D eigenvalue weighted by molar-refractivity contribution is 0.303. The first-order valence-corrected chi connectivity index (χ1v) is 23.5. The van der Waals surface area contributed by atoms with Crippen molar-refractivity contribution in [2.75, 3.05) is 22.2 Å². The van der Waals surface area contributed by atoms with E-state index in [1.165, 1.54) is 33.9 Å². The van der Waals surface area contributed by atoms with E-state index in [0.717, 1.165) is 28.0 Å². The van der Waals surface area contributed by atoms with Crippen LogP contribution in [0.5, 0.6) is 23.0 Å². The molecule has 8 rings (SSSR count). The number of fused-ring (bicyclic) bond motifs is 1. The van der Waals surface area contributed by atoms with Gasteiger partial charge in [-0.05, 0) is 88.3 Å². The van der Waals surface area contributed by atoms with Crippen LogP contribution in [0.3, 0.4) is 0 Å². The molecule has 14 heteroatoms. The molecule has 8 aromatic rings. The van der Waals surface area contributed by atoms with Gasteiger partial charge in [0.05, 0.1) is 32.1 Å². The third-order valence-electron chi connectivity index (χ3n) is 9.75. The summed E-state index contributed by atoms with van der Waals surface area (Å²) in [6.07, 6.45) is 2.04. The molecule has 6 N–H and O–H groups in total. The van der Waals surface area contributed by atoms with Crippen LogP contribution in [0.25, 0.3) is 10.8 Å². The Morgan fingerprint density at radius 1 is 0.462 bits per heavy atom. The van der Waals surface area contributed by atoms with Gasteiger partial charge in [0.1, 0.15) is 12.4 Å². The van der Waals surface area contributed by atoms with Gasteiger partial charge in [-0.2, -0.15) is 0 Å². The molecule has 7 nitrogen and oxygen atoms in total. The molecule has 0 aliphatic rings. The summed E-state index contributed by atoms with van der Waals surface area (Å²) in [7, 11) is 0. The Morgan fingerprint density at radius 3 is 1.49 bits per heavy atom. The summed E-state index contributed by atoms with van der Waals surface area (Å²) in [6.45, 7) is 2.13. The highest BCUT2D eigenvalue weighted by molar-refractivity contribution is 7.98. The summed E-state index contributed by atoms with van der Waals surface area (Å²) in [6, 6.07) is 49.8. The summed E-state index contributed by atoms with van der Waals surface area (Å²) >= 11 is 37.3. The molecule has 0 saturated carbocycles. The topological polar surface area (TPSA) is 106 Å². The molecule has 0 unspecified atom stereocenters. The Hall–Kier alpha value is -5.29. The Bertz CT molecular complexity index is 2830. The second kappa shape index (κ2) is 24.3. The molecule has 0 aromatic heterocycles. The fourth-order valence-corrected chi connectivity index (χ4v) is 8.28. The van der Waals surface area contributed by atoms with Gasteiger partial charge in [-0.15, -0.1) is 11.8 Å². The minimum absolute atomic E-state index is 0.0151. The zero-order valence-corrected chi connectivity index (χ0v) is 40.1. The SMILES string of the molecule is CSc1ccc(CNc2cc(Cl)cc(Cl)c2O)cc1.Oc1c(Cl)cc(Cl)cc1NCc1cccc2ccccc12.Oc1c(Cl)cc(Cl)cc1NCc1ccccc1OCc1ccccc1. The maximum Gasteiger partial charge on any atom is 0.157 e. The summed E-state index contributed by atoms with van der Waals surface area (Å²) in [5.74, 6) is 0.799. The highest BCUT2D eigenvalue weighted by Crippen LogP contribution is 2.38. The molecule has 65 heavy (non-hydrogen) atoms. The van der Waals surface area contributed by atoms with Crippen molar-refractivity contribution in [3.63, 3.8) is 0 Å². The highest BCUT2D eigenvalue weighted by atomic mass is 35.5. The fraction of sp³-hybridized carbons (Fsp3) is 0.0980. The van der Waals surface area contributed by atoms with Gasteiger partial charge in [-0.1, -0.05) is 173 Å². The minimum atomic E-state index is -0.0197.